The van der Waals surface area contributed by atoms with E-state index < -0.39 is 0 Å². The zero-order chi connectivity index (χ0) is 12.5. The number of rotatable bonds is 4. The van der Waals surface area contributed by atoms with Crippen LogP contribution in [0.4, 0.5) is 0 Å². The highest BCUT2D eigenvalue weighted by Gasteiger charge is 2.41. The average molecular weight is 243 g/mol. The number of hydrogen-bond donors (Lipinski definition) is 1. The predicted octanol–water partition coefficient (Wildman–Crippen LogP) is 3.31. The van der Waals surface area contributed by atoms with Crippen molar-refractivity contribution in [2.45, 2.75) is 31.8 Å². The zero-order valence-corrected chi connectivity index (χ0v) is 11.1. The van der Waals surface area contributed by atoms with Crippen LogP contribution in [-0.2, 0) is 0 Å². The Morgan fingerprint density at radius 3 is 2.94 bits per heavy atom. The van der Waals surface area contributed by atoms with Gasteiger partial charge in [-0.2, -0.15) is 0 Å². The van der Waals surface area contributed by atoms with Gasteiger partial charge in [0.15, 0.2) is 0 Å². The molecule has 2 aliphatic carbocycles. The predicted molar refractivity (Wildman–Crippen MR) is 73.7 cm³/mol. The lowest BCUT2D eigenvalue weighted by Crippen LogP contribution is -2.48. The molecule has 2 nitrogen and oxygen atoms in total. The summed E-state index contributed by atoms with van der Waals surface area (Å²) in [5.74, 6) is 2.66. The fourth-order valence-electron chi connectivity index (χ4n) is 3.34. The largest absolute Gasteiger partial charge is 0.496 e. The molecule has 2 heteroatoms. The third kappa shape index (κ3) is 1.95. The minimum Gasteiger partial charge on any atom is -0.496 e. The van der Waals surface area contributed by atoms with Crippen molar-refractivity contribution in [1.29, 1.82) is 0 Å². The first kappa shape index (κ1) is 11.8. The third-order valence-corrected chi connectivity index (χ3v) is 4.43. The van der Waals surface area contributed by atoms with Crippen LogP contribution in [0.5, 0.6) is 5.75 Å². The maximum absolute atomic E-state index is 5.43. The Bertz CT molecular complexity index is 454. The van der Waals surface area contributed by atoms with Gasteiger partial charge in [0.25, 0.3) is 0 Å². The number of hydrogen-bond acceptors (Lipinski definition) is 2. The van der Waals surface area contributed by atoms with E-state index in [1.807, 2.05) is 12.1 Å². The average Bonchev–Trinajstić information content (AvgIpc) is 2.77. The molecule has 1 aromatic carbocycles. The van der Waals surface area contributed by atoms with Gasteiger partial charge in [0.05, 0.1) is 7.11 Å². The molecule has 0 spiro atoms. The van der Waals surface area contributed by atoms with E-state index in [9.17, 15) is 0 Å². The summed E-state index contributed by atoms with van der Waals surface area (Å²) >= 11 is 0. The molecule has 1 fully saturated rings. The highest BCUT2D eigenvalue weighted by Crippen LogP contribution is 2.43. The number of methoxy groups -OCH3 is 1. The first-order valence-electron chi connectivity index (χ1n) is 6.85. The molecular weight excluding hydrogens is 222 g/mol. The summed E-state index contributed by atoms with van der Waals surface area (Å²) in [6.07, 6.45) is 7.33. The van der Waals surface area contributed by atoms with Gasteiger partial charge in [-0.1, -0.05) is 30.4 Å². The van der Waals surface area contributed by atoms with E-state index in [-0.39, 0.29) is 0 Å². The summed E-state index contributed by atoms with van der Waals surface area (Å²) in [6.45, 7) is 2.23. The lowest BCUT2D eigenvalue weighted by molar-refractivity contribution is 0.152. The minimum absolute atomic E-state index is 0.348. The maximum Gasteiger partial charge on any atom is 0.123 e. The maximum atomic E-state index is 5.43. The molecule has 0 aliphatic heterocycles. The Kier molecular flexibility index (Phi) is 3.13. The SMILES string of the molecule is COc1ccccc1[C@H](C)NC1CC2CC=CC21. The molecule has 1 aromatic rings. The molecule has 4 atom stereocenters. The molecule has 3 rings (SSSR count). The van der Waals surface area contributed by atoms with Crippen LogP contribution >= 0.6 is 0 Å². The first-order chi connectivity index (χ1) is 8.79. The van der Waals surface area contributed by atoms with Crippen LogP contribution in [0.2, 0.25) is 0 Å². The highest BCUT2D eigenvalue weighted by molar-refractivity contribution is 5.35. The third-order valence-electron chi connectivity index (χ3n) is 4.43. The Morgan fingerprint density at radius 1 is 1.33 bits per heavy atom. The molecule has 0 bridgehead atoms. The van der Waals surface area contributed by atoms with E-state index in [0.717, 1.165) is 17.6 Å². The summed E-state index contributed by atoms with van der Waals surface area (Å²) in [5, 5.41) is 3.75. The molecule has 0 heterocycles. The van der Waals surface area contributed by atoms with Crippen molar-refractivity contribution < 1.29 is 4.74 Å². The van der Waals surface area contributed by atoms with E-state index >= 15 is 0 Å². The number of nitrogens with one attached hydrogen (secondary N) is 1. The summed E-state index contributed by atoms with van der Waals surface area (Å²) < 4.78 is 5.43. The summed E-state index contributed by atoms with van der Waals surface area (Å²) in [6, 6.07) is 9.28. The fourth-order valence-corrected chi connectivity index (χ4v) is 3.34. The van der Waals surface area contributed by atoms with Gasteiger partial charge in [0, 0.05) is 17.6 Å². The van der Waals surface area contributed by atoms with E-state index in [1.54, 1.807) is 7.11 Å². The van der Waals surface area contributed by atoms with Crippen molar-refractivity contribution in [1.82, 2.24) is 5.32 Å². The Labute approximate surface area is 109 Å². The van der Waals surface area contributed by atoms with Gasteiger partial charge >= 0.3 is 0 Å². The number of benzene rings is 1. The molecule has 96 valence electrons. The van der Waals surface area contributed by atoms with Gasteiger partial charge in [-0.05, 0) is 37.7 Å². The lowest BCUT2D eigenvalue weighted by Gasteiger charge is -2.42. The first-order valence-corrected chi connectivity index (χ1v) is 6.85. The van der Waals surface area contributed by atoms with Gasteiger partial charge < -0.3 is 10.1 Å². The van der Waals surface area contributed by atoms with E-state index in [1.165, 1.54) is 18.4 Å². The van der Waals surface area contributed by atoms with E-state index in [4.69, 9.17) is 4.74 Å². The van der Waals surface area contributed by atoms with E-state index in [0.29, 0.717) is 12.1 Å². The quantitative estimate of drug-likeness (QED) is 0.819. The Morgan fingerprint density at radius 2 is 2.17 bits per heavy atom. The second-order valence-corrected chi connectivity index (χ2v) is 5.47. The van der Waals surface area contributed by atoms with Crippen molar-refractivity contribution in [3.63, 3.8) is 0 Å². The molecule has 0 radical (unpaired) electrons. The van der Waals surface area contributed by atoms with Crippen LogP contribution in [-0.4, -0.2) is 13.2 Å². The van der Waals surface area contributed by atoms with Crippen molar-refractivity contribution in [3.05, 3.63) is 42.0 Å². The number of fused-ring (bicyclic) bond motifs is 1. The monoisotopic (exact) mass is 243 g/mol. The van der Waals surface area contributed by atoms with Crippen molar-refractivity contribution in [2.75, 3.05) is 7.11 Å². The van der Waals surface area contributed by atoms with Gasteiger partial charge in [-0.15, -0.1) is 0 Å². The van der Waals surface area contributed by atoms with Crippen LogP contribution in [0.1, 0.15) is 31.4 Å². The Balaban J connectivity index is 1.67. The summed E-state index contributed by atoms with van der Waals surface area (Å²) in [4.78, 5) is 0. The van der Waals surface area contributed by atoms with Crippen LogP contribution in [0.3, 0.4) is 0 Å². The standard InChI is InChI=1S/C16H21NO/c1-11(13-7-3-4-9-16(13)18-2)17-15-10-12-6-5-8-14(12)15/h3-5,7-9,11-12,14-15,17H,6,10H2,1-2H3/t11-,12?,14?,15?/m0/s1. The lowest BCUT2D eigenvalue weighted by atomic mass is 9.71. The van der Waals surface area contributed by atoms with Crippen LogP contribution in [0, 0.1) is 11.8 Å². The minimum atomic E-state index is 0.348. The zero-order valence-electron chi connectivity index (χ0n) is 11.1. The second kappa shape index (κ2) is 4.77. The molecule has 0 amide bonds. The fraction of sp³-hybridized carbons (Fsp3) is 0.500. The summed E-state index contributed by atoms with van der Waals surface area (Å²) in [7, 11) is 1.74. The van der Waals surface area contributed by atoms with E-state index in [2.05, 4.69) is 36.5 Å². The summed E-state index contributed by atoms with van der Waals surface area (Å²) in [5.41, 5.74) is 1.26. The highest BCUT2D eigenvalue weighted by atomic mass is 16.5. The number of para-hydroxylation sites is 1. The van der Waals surface area contributed by atoms with Crippen LogP contribution in [0.15, 0.2) is 36.4 Å². The van der Waals surface area contributed by atoms with Crippen molar-refractivity contribution in [2.24, 2.45) is 11.8 Å². The van der Waals surface area contributed by atoms with Crippen LogP contribution in [0.25, 0.3) is 0 Å². The normalized spacial score (nSPS) is 30.7. The second-order valence-electron chi connectivity index (χ2n) is 5.47. The molecular formula is C16H21NO. The van der Waals surface area contributed by atoms with Crippen molar-refractivity contribution >= 4 is 0 Å². The van der Waals surface area contributed by atoms with Crippen molar-refractivity contribution in [3.8, 4) is 5.75 Å². The Hall–Kier alpha value is -1.28. The van der Waals surface area contributed by atoms with Gasteiger partial charge in [0.2, 0.25) is 0 Å². The van der Waals surface area contributed by atoms with Gasteiger partial charge in [0.1, 0.15) is 5.75 Å². The molecule has 0 aromatic heterocycles. The molecule has 0 saturated heterocycles. The van der Waals surface area contributed by atoms with Gasteiger partial charge in [-0.25, -0.2) is 0 Å². The smallest absolute Gasteiger partial charge is 0.123 e. The topological polar surface area (TPSA) is 21.3 Å². The molecule has 2 aliphatic rings. The molecule has 1 N–H and O–H groups in total. The number of allylic oxidation sites excluding steroid dienone is 1. The molecule has 1 saturated carbocycles. The number of ether oxygens (including phenoxy) is 1. The molecule has 3 unspecified atom stereocenters. The van der Waals surface area contributed by atoms with Crippen LogP contribution < -0.4 is 10.1 Å². The molecule has 18 heavy (non-hydrogen) atoms. The van der Waals surface area contributed by atoms with Gasteiger partial charge in [-0.3, -0.25) is 0 Å².